The van der Waals surface area contributed by atoms with Crippen LogP contribution in [0.2, 0.25) is 0 Å². The lowest BCUT2D eigenvalue weighted by molar-refractivity contribution is 0.233. The van der Waals surface area contributed by atoms with Crippen LogP contribution in [0.5, 0.6) is 0 Å². The van der Waals surface area contributed by atoms with Crippen molar-refractivity contribution in [3.8, 4) is 0 Å². The van der Waals surface area contributed by atoms with Gasteiger partial charge in [-0.2, -0.15) is 5.10 Å². The normalized spacial score (nSPS) is 15.1. The molecule has 0 saturated carbocycles. The molecule has 0 heterocycles. The van der Waals surface area contributed by atoms with E-state index in [1.165, 1.54) is 0 Å². The summed E-state index contributed by atoms with van der Waals surface area (Å²) in [6.07, 6.45) is 0.339. The zero-order chi connectivity index (χ0) is 8.15. The van der Waals surface area contributed by atoms with Crippen molar-refractivity contribution in [2.75, 3.05) is 14.1 Å². The lowest BCUT2D eigenvalue weighted by Gasteiger charge is -2.10. The molecule has 0 aliphatic carbocycles. The molecule has 1 unspecified atom stereocenters. The fourth-order valence-electron chi connectivity index (χ4n) is 0.678. The monoisotopic (exact) mass is 144 g/mol. The molecule has 0 bridgehead atoms. The molecule has 0 aromatic rings. The molecule has 3 nitrogen and oxygen atoms in total. The molecule has 0 rings (SSSR count). The van der Waals surface area contributed by atoms with Crippen molar-refractivity contribution in [1.29, 1.82) is 0 Å². The molecular weight excluding hydrogens is 128 g/mol. The molecule has 1 atom stereocenters. The molecule has 0 spiro atoms. The second kappa shape index (κ2) is 4.28. The van der Waals surface area contributed by atoms with Crippen molar-refractivity contribution in [2.24, 2.45) is 5.10 Å². The van der Waals surface area contributed by atoms with E-state index < -0.39 is 0 Å². The van der Waals surface area contributed by atoms with Gasteiger partial charge in [-0.1, -0.05) is 6.92 Å². The number of hydrogen-bond acceptors (Lipinski definition) is 3. The van der Waals surface area contributed by atoms with Gasteiger partial charge in [0.25, 0.3) is 0 Å². The van der Waals surface area contributed by atoms with Gasteiger partial charge >= 0.3 is 0 Å². The maximum absolute atomic E-state index is 9.22. The topological polar surface area (TPSA) is 35.8 Å². The summed E-state index contributed by atoms with van der Waals surface area (Å²) < 4.78 is 0. The predicted molar refractivity (Wildman–Crippen MR) is 43.1 cm³/mol. The lowest BCUT2D eigenvalue weighted by Crippen LogP contribution is -2.19. The summed E-state index contributed by atoms with van der Waals surface area (Å²) in [7, 11) is 3.68. The Bertz CT molecular complexity index is 121. The molecule has 0 aliphatic heterocycles. The van der Waals surface area contributed by atoms with Gasteiger partial charge in [0.15, 0.2) is 0 Å². The average molecular weight is 144 g/mol. The van der Waals surface area contributed by atoms with E-state index in [1.54, 1.807) is 5.01 Å². The average Bonchev–Trinajstić information content (AvgIpc) is 1.85. The van der Waals surface area contributed by atoms with E-state index in [9.17, 15) is 5.11 Å². The lowest BCUT2D eigenvalue weighted by atomic mass is 10.2. The number of aliphatic hydroxyl groups is 1. The summed E-state index contributed by atoms with van der Waals surface area (Å²) in [5.74, 6) is 0. The molecule has 0 aromatic heterocycles. The Morgan fingerprint density at radius 1 is 1.60 bits per heavy atom. The van der Waals surface area contributed by atoms with Crippen molar-refractivity contribution in [2.45, 2.75) is 26.4 Å². The number of nitrogens with zero attached hydrogens (tertiary/aromatic N) is 2. The molecule has 0 fully saturated rings. The Morgan fingerprint density at radius 2 is 2.10 bits per heavy atom. The van der Waals surface area contributed by atoms with Crippen LogP contribution < -0.4 is 0 Å². The van der Waals surface area contributed by atoms with Crippen LogP contribution in [0.4, 0.5) is 0 Å². The van der Waals surface area contributed by atoms with E-state index in [4.69, 9.17) is 0 Å². The van der Waals surface area contributed by atoms with E-state index >= 15 is 0 Å². The first kappa shape index (κ1) is 9.43. The minimum Gasteiger partial charge on any atom is -0.387 e. The Kier molecular flexibility index (Phi) is 4.03. The zero-order valence-electron chi connectivity index (χ0n) is 7.13. The summed E-state index contributed by atoms with van der Waals surface area (Å²) in [4.78, 5) is 0. The predicted octanol–water partition coefficient (Wildman–Crippen LogP) is 0.695. The Labute approximate surface area is 62.3 Å². The van der Waals surface area contributed by atoms with Gasteiger partial charge in [0.2, 0.25) is 0 Å². The highest BCUT2D eigenvalue weighted by Gasteiger charge is 2.03. The molecule has 0 aliphatic rings. The van der Waals surface area contributed by atoms with Crippen LogP contribution in [0.15, 0.2) is 5.10 Å². The molecule has 0 amide bonds. The maximum Gasteiger partial charge on any atom is 0.0933 e. The Morgan fingerprint density at radius 3 is 2.40 bits per heavy atom. The minimum absolute atomic E-state index is 0.387. The quantitative estimate of drug-likeness (QED) is 0.467. The third-order valence-electron chi connectivity index (χ3n) is 1.23. The fraction of sp³-hybridized carbons (Fsp3) is 0.857. The van der Waals surface area contributed by atoms with E-state index in [2.05, 4.69) is 5.10 Å². The van der Waals surface area contributed by atoms with E-state index in [0.29, 0.717) is 0 Å². The first-order valence-electron chi connectivity index (χ1n) is 3.48. The minimum atomic E-state index is -0.387. The van der Waals surface area contributed by atoms with Crippen LogP contribution in [0.3, 0.4) is 0 Å². The first-order chi connectivity index (χ1) is 4.57. The summed E-state index contributed by atoms with van der Waals surface area (Å²) in [6.45, 7) is 3.76. The highest BCUT2D eigenvalue weighted by atomic mass is 16.3. The zero-order valence-corrected chi connectivity index (χ0v) is 7.13. The van der Waals surface area contributed by atoms with Crippen molar-refractivity contribution in [3.05, 3.63) is 0 Å². The SMILES string of the molecule is CCC(O)C(C)=NN(C)C. The number of hydrogen-bond donors (Lipinski definition) is 1. The number of aliphatic hydroxyl groups excluding tert-OH is 1. The first-order valence-corrected chi connectivity index (χ1v) is 3.48. The molecule has 0 saturated heterocycles. The fourth-order valence-corrected chi connectivity index (χ4v) is 0.678. The van der Waals surface area contributed by atoms with Gasteiger partial charge < -0.3 is 10.1 Å². The third-order valence-corrected chi connectivity index (χ3v) is 1.23. The molecule has 3 heteroatoms. The summed E-state index contributed by atoms with van der Waals surface area (Å²) in [6, 6.07) is 0. The smallest absolute Gasteiger partial charge is 0.0933 e. The summed E-state index contributed by atoms with van der Waals surface area (Å²) >= 11 is 0. The van der Waals surface area contributed by atoms with Crippen LogP contribution in [-0.2, 0) is 0 Å². The van der Waals surface area contributed by atoms with Gasteiger partial charge in [0.05, 0.1) is 11.8 Å². The molecule has 1 N–H and O–H groups in total. The van der Waals surface area contributed by atoms with Crippen molar-refractivity contribution >= 4 is 5.71 Å². The maximum atomic E-state index is 9.22. The Hall–Kier alpha value is -0.570. The van der Waals surface area contributed by atoms with Gasteiger partial charge in [0.1, 0.15) is 0 Å². The number of hydrazone groups is 1. The molecule has 0 radical (unpaired) electrons. The number of rotatable bonds is 3. The standard InChI is InChI=1S/C7H16N2O/c1-5-7(10)6(2)8-9(3)4/h7,10H,5H2,1-4H3. The summed E-state index contributed by atoms with van der Waals surface area (Å²) in [5.41, 5.74) is 0.771. The largest absolute Gasteiger partial charge is 0.387 e. The van der Waals surface area contributed by atoms with E-state index in [1.807, 2.05) is 27.9 Å². The Balaban J connectivity index is 3.91. The van der Waals surface area contributed by atoms with Crippen molar-refractivity contribution in [1.82, 2.24) is 5.01 Å². The van der Waals surface area contributed by atoms with Crippen LogP contribution in [0.25, 0.3) is 0 Å². The summed E-state index contributed by atoms with van der Waals surface area (Å²) in [5, 5.41) is 15.0. The molecule has 60 valence electrons. The third kappa shape index (κ3) is 3.45. The van der Waals surface area contributed by atoms with Gasteiger partial charge in [0, 0.05) is 14.1 Å². The van der Waals surface area contributed by atoms with Crippen molar-refractivity contribution < 1.29 is 5.11 Å². The van der Waals surface area contributed by atoms with Crippen LogP contribution in [0.1, 0.15) is 20.3 Å². The van der Waals surface area contributed by atoms with Crippen LogP contribution in [-0.4, -0.2) is 36.0 Å². The highest BCUT2D eigenvalue weighted by Crippen LogP contribution is 1.94. The molecule has 10 heavy (non-hydrogen) atoms. The second-order valence-electron chi connectivity index (χ2n) is 2.51. The van der Waals surface area contributed by atoms with Gasteiger partial charge in [-0.05, 0) is 13.3 Å². The molecule has 0 aromatic carbocycles. The van der Waals surface area contributed by atoms with E-state index in [-0.39, 0.29) is 6.10 Å². The highest BCUT2D eigenvalue weighted by molar-refractivity contribution is 5.85. The van der Waals surface area contributed by atoms with Crippen LogP contribution >= 0.6 is 0 Å². The van der Waals surface area contributed by atoms with E-state index in [0.717, 1.165) is 12.1 Å². The second-order valence-corrected chi connectivity index (χ2v) is 2.51. The van der Waals surface area contributed by atoms with Gasteiger partial charge in [-0.3, -0.25) is 0 Å². The van der Waals surface area contributed by atoms with Gasteiger partial charge in [-0.25, -0.2) is 0 Å². The van der Waals surface area contributed by atoms with Crippen LogP contribution in [0, 0.1) is 0 Å². The van der Waals surface area contributed by atoms with Gasteiger partial charge in [-0.15, -0.1) is 0 Å². The molecular formula is C7H16N2O. The van der Waals surface area contributed by atoms with Crippen molar-refractivity contribution in [3.63, 3.8) is 0 Å².